The Bertz CT molecular complexity index is 154. The van der Waals surface area contributed by atoms with Gasteiger partial charge in [-0.1, -0.05) is 0 Å². The molecule has 0 heterocycles. The zero-order valence-corrected chi connectivity index (χ0v) is 8.11. The van der Waals surface area contributed by atoms with Crippen molar-refractivity contribution in [1.29, 1.82) is 0 Å². The molecule has 0 saturated carbocycles. The first kappa shape index (κ1) is 16.9. The maximum absolute atomic E-state index is 11.4. The molecule has 0 rings (SSSR count). The number of hydrogen-bond acceptors (Lipinski definition) is 2. The smallest absolute Gasteiger partial charge is 0.382 e. The van der Waals surface area contributed by atoms with Crippen molar-refractivity contribution in [2.45, 2.75) is 32.3 Å². The Balaban J connectivity index is 0. The first-order chi connectivity index (χ1) is 6.61. The Morgan fingerprint density at radius 1 is 1.07 bits per heavy atom. The second kappa shape index (κ2) is 6.89. The van der Waals surface area contributed by atoms with Crippen molar-refractivity contribution < 1.29 is 36.2 Å². The molecular formula is C7H12F6O2. The quantitative estimate of drug-likeness (QED) is 0.770. The summed E-state index contributed by atoms with van der Waals surface area (Å²) in [6.07, 6.45) is -10.4. The van der Waals surface area contributed by atoms with E-state index in [1.165, 1.54) is 0 Å². The highest BCUT2D eigenvalue weighted by atomic mass is 19.4. The summed E-state index contributed by atoms with van der Waals surface area (Å²) >= 11 is 0. The Kier molecular flexibility index (Phi) is 7.77. The lowest BCUT2D eigenvalue weighted by molar-refractivity contribution is -0.352. The van der Waals surface area contributed by atoms with E-state index in [2.05, 4.69) is 0 Å². The third kappa shape index (κ3) is 6.56. The fourth-order valence-electron chi connectivity index (χ4n) is 0.328. The molecule has 15 heavy (non-hydrogen) atoms. The zero-order chi connectivity index (χ0) is 12.7. The molecule has 2 nitrogen and oxygen atoms in total. The van der Waals surface area contributed by atoms with Crippen LogP contribution in [0.1, 0.15) is 13.8 Å². The maximum Gasteiger partial charge on any atom is 0.454 e. The Morgan fingerprint density at radius 2 is 1.40 bits per heavy atom. The van der Waals surface area contributed by atoms with Gasteiger partial charge in [-0.25, -0.2) is 8.78 Å². The molecule has 0 saturated heterocycles. The Morgan fingerprint density at radius 3 is 1.40 bits per heavy atom. The van der Waals surface area contributed by atoms with Crippen LogP contribution >= 0.6 is 0 Å². The average molecular weight is 242 g/mol. The van der Waals surface area contributed by atoms with Crippen molar-refractivity contribution in [3.63, 3.8) is 0 Å². The summed E-state index contributed by atoms with van der Waals surface area (Å²) in [4.78, 5) is 0. The fourth-order valence-corrected chi connectivity index (χ4v) is 0.328. The molecule has 1 N–H and O–H groups in total. The molecule has 1 atom stereocenters. The summed E-state index contributed by atoms with van der Waals surface area (Å²) < 4.78 is 71.1. The Hall–Kier alpha value is -0.500. The van der Waals surface area contributed by atoms with Crippen molar-refractivity contribution in [2.24, 2.45) is 0 Å². The van der Waals surface area contributed by atoms with Gasteiger partial charge < -0.3 is 9.84 Å². The number of alkyl halides is 6. The second-order valence-electron chi connectivity index (χ2n) is 2.25. The van der Waals surface area contributed by atoms with Crippen LogP contribution in [0.25, 0.3) is 0 Å². The molecule has 0 radical (unpaired) electrons. The maximum atomic E-state index is 11.4. The van der Waals surface area contributed by atoms with Gasteiger partial charge in [0.15, 0.2) is 0 Å². The van der Waals surface area contributed by atoms with Crippen LogP contribution < -0.4 is 0 Å². The van der Waals surface area contributed by atoms with Crippen LogP contribution in [-0.4, -0.2) is 36.8 Å². The van der Waals surface area contributed by atoms with Gasteiger partial charge in [-0.2, -0.15) is 17.6 Å². The molecule has 0 aromatic rings. The lowest BCUT2D eigenvalue weighted by Gasteiger charge is -2.20. The first-order valence-corrected chi connectivity index (χ1v) is 3.95. The lowest BCUT2D eigenvalue weighted by atomic mass is 10.3. The zero-order valence-electron chi connectivity index (χ0n) is 8.11. The van der Waals surface area contributed by atoms with Gasteiger partial charge in [0, 0.05) is 13.2 Å². The normalized spacial score (nSPS) is 15.6. The molecule has 8 heteroatoms. The van der Waals surface area contributed by atoms with E-state index < -0.39 is 18.5 Å². The van der Waals surface area contributed by atoms with Crippen LogP contribution in [0.5, 0.6) is 0 Å². The number of rotatable bonds is 3. The molecule has 1 unspecified atom stereocenters. The monoisotopic (exact) mass is 242 g/mol. The summed E-state index contributed by atoms with van der Waals surface area (Å²) in [5.74, 6) is -5.40. The molecule has 0 amide bonds. The van der Waals surface area contributed by atoms with E-state index in [-0.39, 0.29) is 0 Å². The average Bonchev–Trinajstić information content (AvgIpc) is 2.04. The summed E-state index contributed by atoms with van der Waals surface area (Å²) in [5.41, 5.74) is 0. The molecule has 0 spiro atoms. The van der Waals surface area contributed by atoms with E-state index in [1.54, 1.807) is 0 Å². The molecule has 0 aliphatic rings. The van der Waals surface area contributed by atoms with E-state index in [1.807, 2.05) is 13.8 Å². The van der Waals surface area contributed by atoms with Gasteiger partial charge in [-0.3, -0.25) is 0 Å². The van der Waals surface area contributed by atoms with Gasteiger partial charge in [0.1, 0.15) is 0 Å². The molecule has 94 valence electrons. The van der Waals surface area contributed by atoms with E-state index in [0.717, 1.165) is 13.2 Å². The van der Waals surface area contributed by atoms with Crippen molar-refractivity contribution in [2.75, 3.05) is 13.2 Å². The predicted octanol–water partition coefficient (Wildman–Crippen LogP) is 2.51. The van der Waals surface area contributed by atoms with Gasteiger partial charge in [-0.05, 0) is 13.8 Å². The number of aliphatic hydroxyl groups is 1. The highest BCUT2D eigenvalue weighted by molar-refractivity contribution is 4.76. The van der Waals surface area contributed by atoms with Crippen LogP contribution in [0.2, 0.25) is 0 Å². The van der Waals surface area contributed by atoms with Crippen LogP contribution in [-0.2, 0) is 4.74 Å². The van der Waals surface area contributed by atoms with E-state index >= 15 is 0 Å². The summed E-state index contributed by atoms with van der Waals surface area (Å²) in [6, 6.07) is 0. The largest absolute Gasteiger partial charge is 0.454 e. The van der Waals surface area contributed by atoms with Crippen molar-refractivity contribution in [3.8, 4) is 0 Å². The number of hydrogen-bond donors (Lipinski definition) is 1. The summed E-state index contributed by atoms with van der Waals surface area (Å²) in [7, 11) is 0. The minimum absolute atomic E-state index is 0.844. The third-order valence-corrected chi connectivity index (χ3v) is 1.10. The van der Waals surface area contributed by atoms with Gasteiger partial charge in [0.25, 0.3) is 0 Å². The van der Waals surface area contributed by atoms with Crippen molar-refractivity contribution in [3.05, 3.63) is 0 Å². The van der Waals surface area contributed by atoms with Gasteiger partial charge >= 0.3 is 18.5 Å². The number of ether oxygens (including phenoxy) is 1. The second-order valence-corrected chi connectivity index (χ2v) is 2.25. The molecule has 0 aromatic heterocycles. The molecular weight excluding hydrogens is 230 g/mol. The minimum Gasteiger partial charge on any atom is -0.382 e. The van der Waals surface area contributed by atoms with Crippen LogP contribution in [0, 0.1) is 0 Å². The first-order valence-electron chi connectivity index (χ1n) is 3.95. The highest BCUT2D eigenvalue weighted by Gasteiger charge is 2.62. The Labute approximate surface area is 82.8 Å². The number of halogens is 6. The molecule has 0 aliphatic heterocycles. The SMILES string of the molecule is CCOCC.OC(F)(C(F)F)C(F)(F)F. The molecule has 0 aromatic carbocycles. The predicted molar refractivity (Wildman–Crippen MR) is 40.3 cm³/mol. The molecule has 0 bridgehead atoms. The van der Waals surface area contributed by atoms with E-state index in [0.29, 0.717) is 0 Å². The van der Waals surface area contributed by atoms with Crippen molar-refractivity contribution >= 4 is 0 Å². The minimum atomic E-state index is -5.94. The summed E-state index contributed by atoms with van der Waals surface area (Å²) in [5, 5.41) is 7.39. The molecule has 0 fully saturated rings. The van der Waals surface area contributed by atoms with Gasteiger partial charge in [0.2, 0.25) is 0 Å². The van der Waals surface area contributed by atoms with E-state index in [9.17, 15) is 26.3 Å². The van der Waals surface area contributed by atoms with Gasteiger partial charge in [0.05, 0.1) is 0 Å². The highest BCUT2D eigenvalue weighted by Crippen LogP contribution is 2.36. The third-order valence-electron chi connectivity index (χ3n) is 1.10. The lowest BCUT2D eigenvalue weighted by Crippen LogP contribution is -2.47. The van der Waals surface area contributed by atoms with Gasteiger partial charge in [-0.15, -0.1) is 0 Å². The fraction of sp³-hybridized carbons (Fsp3) is 1.00. The van der Waals surface area contributed by atoms with Crippen LogP contribution in [0.4, 0.5) is 26.3 Å². The van der Waals surface area contributed by atoms with Crippen LogP contribution in [0.3, 0.4) is 0 Å². The van der Waals surface area contributed by atoms with Crippen molar-refractivity contribution in [1.82, 2.24) is 0 Å². The standard InChI is InChI=1S/C4H10O.C3H2F6O/c1-3-5-4-2;4-1(5)2(6,10)3(7,8)9/h3-4H2,1-2H3;1,10H. The summed E-state index contributed by atoms with van der Waals surface area (Å²) in [6.45, 7) is 5.67. The molecule has 0 aliphatic carbocycles. The van der Waals surface area contributed by atoms with Crippen LogP contribution in [0.15, 0.2) is 0 Å². The topological polar surface area (TPSA) is 29.5 Å². The van der Waals surface area contributed by atoms with E-state index in [4.69, 9.17) is 9.84 Å².